The van der Waals surface area contributed by atoms with E-state index in [1.54, 1.807) is 34.8 Å². The number of rotatable bonds is 7. The van der Waals surface area contributed by atoms with Crippen LogP contribution >= 0.6 is 11.3 Å². The molecule has 40 heavy (non-hydrogen) atoms. The molecule has 5 rings (SSSR count). The maximum Gasteiger partial charge on any atom is 0.271 e. The highest BCUT2D eigenvalue weighted by atomic mass is 32.1. The Kier molecular flexibility index (Phi) is 7.49. The van der Waals surface area contributed by atoms with E-state index >= 15 is 0 Å². The Labute approximate surface area is 235 Å². The van der Waals surface area contributed by atoms with Gasteiger partial charge in [-0.25, -0.2) is 4.99 Å². The van der Waals surface area contributed by atoms with E-state index in [2.05, 4.69) is 0 Å². The van der Waals surface area contributed by atoms with Crippen molar-refractivity contribution in [3.8, 4) is 17.2 Å². The zero-order valence-electron chi connectivity index (χ0n) is 23.1. The van der Waals surface area contributed by atoms with Crippen molar-refractivity contribution in [1.29, 1.82) is 0 Å². The molecule has 0 unspecified atom stereocenters. The van der Waals surface area contributed by atoms with Crippen molar-refractivity contribution in [3.05, 3.63) is 96.7 Å². The van der Waals surface area contributed by atoms with E-state index < -0.39 is 6.04 Å². The predicted octanol–water partition coefficient (Wildman–Crippen LogP) is 3.98. The number of phenolic OH excluding ortho intramolecular Hbond substituents is 1. The van der Waals surface area contributed by atoms with Crippen molar-refractivity contribution in [1.82, 2.24) is 9.47 Å². The molecule has 1 amide bonds. The van der Waals surface area contributed by atoms with E-state index in [-0.39, 0.29) is 17.2 Å². The van der Waals surface area contributed by atoms with Crippen LogP contribution in [-0.4, -0.2) is 47.8 Å². The van der Waals surface area contributed by atoms with Crippen LogP contribution in [-0.2, 0) is 4.79 Å². The third-order valence-electron chi connectivity index (χ3n) is 7.23. The van der Waals surface area contributed by atoms with Crippen LogP contribution in [0, 0.1) is 0 Å². The van der Waals surface area contributed by atoms with Gasteiger partial charge in [-0.2, -0.15) is 0 Å². The van der Waals surface area contributed by atoms with Gasteiger partial charge in [0.2, 0.25) is 0 Å². The third kappa shape index (κ3) is 4.56. The maximum atomic E-state index is 14.2. The zero-order chi connectivity index (χ0) is 28.6. The lowest BCUT2D eigenvalue weighted by Crippen LogP contribution is -2.43. The second-order valence-corrected chi connectivity index (χ2v) is 10.4. The van der Waals surface area contributed by atoms with Crippen molar-refractivity contribution in [2.45, 2.75) is 26.8 Å². The normalized spacial score (nSPS) is 15.1. The van der Waals surface area contributed by atoms with E-state index in [0.29, 0.717) is 50.8 Å². The van der Waals surface area contributed by atoms with Gasteiger partial charge in [0.05, 0.1) is 30.0 Å². The molecule has 8 nitrogen and oxygen atoms in total. The van der Waals surface area contributed by atoms with Crippen LogP contribution in [0.5, 0.6) is 17.2 Å². The minimum atomic E-state index is -0.748. The Morgan fingerprint density at radius 3 is 2.50 bits per heavy atom. The molecule has 0 saturated heterocycles. The average Bonchev–Trinajstić information content (AvgIpc) is 3.27. The number of aromatic nitrogens is 1. The number of hydrogen-bond donors (Lipinski definition) is 1. The number of benzene rings is 3. The molecule has 3 aromatic carbocycles. The first-order valence-electron chi connectivity index (χ1n) is 13.1. The summed E-state index contributed by atoms with van der Waals surface area (Å²) in [6.07, 6.45) is 1.74. The smallest absolute Gasteiger partial charge is 0.271 e. The number of nitrogens with zero attached hydrogens (tertiary/aromatic N) is 3. The monoisotopic (exact) mass is 557 g/mol. The summed E-state index contributed by atoms with van der Waals surface area (Å²) in [5.74, 6) is 0.743. The standard InChI is InChI=1S/C31H31N3O5S/c1-6-33(7-2)30(37)26-18(3)32-31-34(28(26)27-21-11-9-8-10-20(21)13-15-23(27)38-4)29(36)25(40-31)17-19-12-14-22(35)24(16-19)39-5/h8-17,28,35H,6-7H2,1-5H3/b25-17+/t28-/m1/s1. The Balaban J connectivity index is 1.84. The van der Waals surface area contributed by atoms with Crippen LogP contribution in [0.2, 0.25) is 0 Å². The van der Waals surface area contributed by atoms with Gasteiger partial charge in [0, 0.05) is 18.7 Å². The highest BCUT2D eigenvalue weighted by Gasteiger charge is 2.36. The van der Waals surface area contributed by atoms with Crippen LogP contribution < -0.4 is 24.4 Å². The van der Waals surface area contributed by atoms with Crippen molar-refractivity contribution < 1.29 is 19.4 Å². The van der Waals surface area contributed by atoms with Crippen molar-refractivity contribution >= 4 is 34.1 Å². The van der Waals surface area contributed by atoms with E-state index in [9.17, 15) is 14.7 Å². The fraction of sp³-hybridized carbons (Fsp3) is 0.258. The van der Waals surface area contributed by atoms with Crippen LogP contribution in [0.4, 0.5) is 0 Å². The summed E-state index contributed by atoms with van der Waals surface area (Å²) in [7, 11) is 3.07. The number of thiazole rings is 1. The lowest BCUT2D eigenvalue weighted by atomic mass is 9.90. The van der Waals surface area contributed by atoms with Gasteiger partial charge in [-0.1, -0.05) is 47.7 Å². The number of likely N-dealkylation sites (N-methyl/N-ethyl adjacent to an activating group) is 1. The van der Waals surface area contributed by atoms with Gasteiger partial charge in [0.15, 0.2) is 16.3 Å². The second kappa shape index (κ2) is 11.0. The molecule has 0 spiro atoms. The molecular formula is C31H31N3O5S. The summed E-state index contributed by atoms with van der Waals surface area (Å²) in [5.41, 5.74) is 2.17. The minimum absolute atomic E-state index is 0.0133. The van der Waals surface area contributed by atoms with Gasteiger partial charge in [0.1, 0.15) is 11.8 Å². The molecule has 1 aromatic heterocycles. The first-order valence-corrected chi connectivity index (χ1v) is 13.9. The summed E-state index contributed by atoms with van der Waals surface area (Å²) in [5, 5.41) is 11.9. The van der Waals surface area contributed by atoms with Gasteiger partial charge in [0.25, 0.3) is 11.5 Å². The number of ether oxygens (including phenoxy) is 2. The number of carbonyl (C=O) groups is 1. The molecular weight excluding hydrogens is 526 g/mol. The molecule has 0 saturated carbocycles. The third-order valence-corrected chi connectivity index (χ3v) is 8.21. The molecule has 2 heterocycles. The number of amides is 1. The minimum Gasteiger partial charge on any atom is -0.504 e. The molecule has 1 N–H and O–H groups in total. The largest absolute Gasteiger partial charge is 0.504 e. The van der Waals surface area contributed by atoms with E-state index in [1.807, 2.05) is 57.2 Å². The quantitative estimate of drug-likeness (QED) is 0.371. The molecule has 0 bridgehead atoms. The molecule has 206 valence electrons. The van der Waals surface area contributed by atoms with E-state index in [0.717, 1.165) is 16.3 Å². The zero-order valence-corrected chi connectivity index (χ0v) is 23.9. The number of carbonyl (C=O) groups excluding carboxylic acids is 1. The molecule has 1 atom stereocenters. The van der Waals surface area contributed by atoms with Crippen LogP contribution in [0.15, 0.2) is 75.7 Å². The summed E-state index contributed by atoms with van der Waals surface area (Å²) < 4.78 is 13.1. The fourth-order valence-corrected chi connectivity index (χ4v) is 6.27. The second-order valence-electron chi connectivity index (χ2n) is 9.39. The highest BCUT2D eigenvalue weighted by Crippen LogP contribution is 2.40. The maximum absolute atomic E-state index is 14.2. The first-order chi connectivity index (χ1) is 19.3. The van der Waals surface area contributed by atoms with Crippen molar-refractivity contribution in [3.63, 3.8) is 0 Å². The van der Waals surface area contributed by atoms with Gasteiger partial charge >= 0.3 is 0 Å². The summed E-state index contributed by atoms with van der Waals surface area (Å²) in [6, 6.07) is 15.9. The fourth-order valence-electron chi connectivity index (χ4n) is 5.22. The SMILES string of the molecule is CCN(CC)C(=O)C1=C(C)N=c2s/c(=C/c3ccc(O)c(OC)c3)c(=O)n2[C@H]1c1c(OC)ccc2ccccc12. The van der Waals surface area contributed by atoms with E-state index in [4.69, 9.17) is 14.5 Å². The Bertz CT molecular complexity index is 1830. The summed E-state index contributed by atoms with van der Waals surface area (Å²) >= 11 is 1.25. The summed E-state index contributed by atoms with van der Waals surface area (Å²) in [6.45, 7) is 6.75. The highest BCUT2D eigenvalue weighted by molar-refractivity contribution is 7.07. The number of hydrogen-bond acceptors (Lipinski definition) is 7. The van der Waals surface area contributed by atoms with E-state index in [1.165, 1.54) is 24.5 Å². The number of allylic oxidation sites excluding steroid dienone is 1. The Morgan fingerprint density at radius 1 is 1.07 bits per heavy atom. The molecule has 0 aliphatic carbocycles. The van der Waals surface area contributed by atoms with Crippen LogP contribution in [0.25, 0.3) is 16.8 Å². The lowest BCUT2D eigenvalue weighted by Gasteiger charge is -2.30. The molecule has 0 radical (unpaired) electrons. The van der Waals surface area contributed by atoms with Crippen LogP contribution in [0.1, 0.15) is 37.9 Å². The predicted molar refractivity (Wildman–Crippen MR) is 157 cm³/mol. The molecule has 4 aromatic rings. The van der Waals surface area contributed by atoms with Crippen molar-refractivity contribution in [2.24, 2.45) is 4.99 Å². The topological polar surface area (TPSA) is 93.4 Å². The number of fused-ring (bicyclic) bond motifs is 2. The average molecular weight is 558 g/mol. The Morgan fingerprint density at radius 2 is 1.80 bits per heavy atom. The molecule has 1 aliphatic heterocycles. The molecule has 1 aliphatic rings. The number of aromatic hydroxyl groups is 1. The van der Waals surface area contributed by atoms with Crippen molar-refractivity contribution in [2.75, 3.05) is 27.3 Å². The van der Waals surface area contributed by atoms with Crippen LogP contribution in [0.3, 0.4) is 0 Å². The lowest BCUT2D eigenvalue weighted by molar-refractivity contribution is -0.127. The number of methoxy groups -OCH3 is 2. The molecule has 9 heteroatoms. The molecule has 0 fully saturated rings. The Hall–Kier alpha value is -4.37. The van der Waals surface area contributed by atoms with Gasteiger partial charge in [-0.05, 0) is 61.4 Å². The first kappa shape index (κ1) is 27.2. The van der Waals surface area contributed by atoms with Gasteiger partial charge in [-0.3, -0.25) is 14.2 Å². The number of phenols is 1. The van der Waals surface area contributed by atoms with Gasteiger partial charge < -0.3 is 19.5 Å². The summed E-state index contributed by atoms with van der Waals surface area (Å²) in [4.78, 5) is 35.2. The van der Waals surface area contributed by atoms with Gasteiger partial charge in [-0.15, -0.1) is 0 Å².